The van der Waals surface area contributed by atoms with Gasteiger partial charge in [0.15, 0.2) is 0 Å². The summed E-state index contributed by atoms with van der Waals surface area (Å²) in [5.74, 6) is 0. The van der Waals surface area contributed by atoms with Gasteiger partial charge in [-0.25, -0.2) is 0 Å². The van der Waals surface area contributed by atoms with E-state index in [1.54, 1.807) is 0 Å². The average molecular weight is 248 g/mol. The zero-order valence-electron chi connectivity index (χ0n) is 9.79. The summed E-state index contributed by atoms with van der Waals surface area (Å²) in [6.45, 7) is 1.02. The first-order chi connectivity index (χ1) is 7.80. The van der Waals surface area contributed by atoms with Crippen LogP contribution in [-0.4, -0.2) is 30.1 Å². The van der Waals surface area contributed by atoms with Crippen LogP contribution in [0.15, 0.2) is 23.1 Å². The van der Waals surface area contributed by atoms with Crippen molar-refractivity contribution in [3.63, 3.8) is 0 Å². The molecule has 3 nitrogen and oxygen atoms in total. The van der Waals surface area contributed by atoms with Crippen molar-refractivity contribution in [2.75, 3.05) is 20.6 Å². The summed E-state index contributed by atoms with van der Waals surface area (Å²) in [7, 11) is 3.74. The summed E-state index contributed by atoms with van der Waals surface area (Å²) in [6, 6.07) is 1.77. The second kappa shape index (κ2) is 5.35. The van der Waals surface area contributed by atoms with Crippen molar-refractivity contribution >= 4 is 0 Å². The van der Waals surface area contributed by atoms with Crippen LogP contribution in [-0.2, 0) is 12.7 Å². The third kappa shape index (κ3) is 4.22. The van der Waals surface area contributed by atoms with Gasteiger partial charge in [0.1, 0.15) is 0 Å². The maximum atomic E-state index is 12.4. The van der Waals surface area contributed by atoms with Gasteiger partial charge in [-0.15, -0.1) is 0 Å². The normalized spacial score (nSPS) is 12.1. The van der Waals surface area contributed by atoms with Gasteiger partial charge in [0.05, 0.1) is 5.56 Å². The van der Waals surface area contributed by atoms with Crippen LogP contribution in [0.1, 0.15) is 12.0 Å². The molecular formula is C11H15F3N2O. The molecule has 0 spiro atoms. The number of aromatic nitrogens is 1. The molecule has 1 aromatic heterocycles. The summed E-state index contributed by atoms with van der Waals surface area (Å²) in [6.07, 6.45) is -2.90. The van der Waals surface area contributed by atoms with Crippen molar-refractivity contribution in [3.05, 3.63) is 34.2 Å². The molecular weight excluding hydrogens is 233 g/mol. The Morgan fingerprint density at radius 1 is 1.29 bits per heavy atom. The van der Waals surface area contributed by atoms with E-state index in [-0.39, 0.29) is 0 Å². The summed E-state index contributed by atoms with van der Waals surface area (Å²) >= 11 is 0. The largest absolute Gasteiger partial charge is 0.417 e. The summed E-state index contributed by atoms with van der Waals surface area (Å²) in [5, 5.41) is 0. The molecule has 17 heavy (non-hydrogen) atoms. The van der Waals surface area contributed by atoms with E-state index in [2.05, 4.69) is 0 Å². The standard InChI is InChI=1S/C11H15F3N2O/c1-15(2)6-3-7-16-8-9(11(12,13)14)4-5-10(16)17/h4-5,8H,3,6-7H2,1-2H3. The highest BCUT2D eigenvalue weighted by atomic mass is 19.4. The number of nitrogens with zero attached hydrogens (tertiary/aromatic N) is 2. The lowest BCUT2D eigenvalue weighted by molar-refractivity contribution is -0.138. The van der Waals surface area contributed by atoms with Crippen molar-refractivity contribution < 1.29 is 13.2 Å². The van der Waals surface area contributed by atoms with Crippen LogP contribution < -0.4 is 5.56 Å². The van der Waals surface area contributed by atoms with E-state index in [4.69, 9.17) is 0 Å². The fraction of sp³-hybridized carbons (Fsp3) is 0.545. The first-order valence-electron chi connectivity index (χ1n) is 5.23. The van der Waals surface area contributed by atoms with E-state index in [1.165, 1.54) is 0 Å². The number of alkyl halides is 3. The highest BCUT2D eigenvalue weighted by molar-refractivity contribution is 5.13. The second-order valence-corrected chi connectivity index (χ2v) is 4.10. The molecule has 0 saturated heterocycles. The molecule has 96 valence electrons. The maximum absolute atomic E-state index is 12.4. The quantitative estimate of drug-likeness (QED) is 0.812. The highest BCUT2D eigenvalue weighted by Crippen LogP contribution is 2.27. The minimum atomic E-state index is -4.41. The van der Waals surface area contributed by atoms with Crippen LogP contribution in [0.2, 0.25) is 0 Å². The Bertz CT molecular complexity index is 423. The Hall–Kier alpha value is -1.30. The molecule has 1 aromatic rings. The molecule has 0 aliphatic heterocycles. The lowest BCUT2D eigenvalue weighted by Crippen LogP contribution is -2.23. The molecule has 1 rings (SSSR count). The number of hydrogen-bond acceptors (Lipinski definition) is 2. The Kier molecular flexibility index (Phi) is 4.34. The van der Waals surface area contributed by atoms with Crippen molar-refractivity contribution in [1.82, 2.24) is 9.47 Å². The lowest BCUT2D eigenvalue weighted by Gasteiger charge is -2.12. The molecule has 1 heterocycles. The van der Waals surface area contributed by atoms with Gasteiger partial charge in [-0.2, -0.15) is 13.2 Å². The van der Waals surface area contributed by atoms with Crippen LogP contribution in [0.5, 0.6) is 0 Å². The fourth-order valence-electron chi connectivity index (χ4n) is 1.43. The summed E-state index contributed by atoms with van der Waals surface area (Å²) in [5.41, 5.74) is -1.20. The molecule has 0 aromatic carbocycles. The van der Waals surface area contributed by atoms with Gasteiger partial charge in [-0.1, -0.05) is 0 Å². The van der Waals surface area contributed by atoms with Gasteiger partial charge in [0.25, 0.3) is 5.56 Å². The first kappa shape index (κ1) is 13.8. The molecule has 0 atom stereocenters. The number of aryl methyl sites for hydroxylation is 1. The number of pyridine rings is 1. The third-order valence-corrected chi connectivity index (χ3v) is 2.32. The Morgan fingerprint density at radius 3 is 2.47 bits per heavy atom. The predicted molar refractivity (Wildman–Crippen MR) is 58.9 cm³/mol. The van der Waals surface area contributed by atoms with Gasteiger partial charge < -0.3 is 9.47 Å². The Balaban J connectivity index is 2.81. The summed E-state index contributed by atoms with van der Waals surface area (Å²) < 4.78 is 38.4. The number of hydrogen-bond donors (Lipinski definition) is 0. The molecule has 0 saturated carbocycles. The van der Waals surface area contributed by atoms with Crippen LogP contribution in [0, 0.1) is 0 Å². The van der Waals surface area contributed by atoms with Gasteiger partial charge >= 0.3 is 6.18 Å². The van der Waals surface area contributed by atoms with E-state index in [9.17, 15) is 18.0 Å². The van der Waals surface area contributed by atoms with E-state index < -0.39 is 17.3 Å². The minimum absolute atomic E-state index is 0.293. The third-order valence-electron chi connectivity index (χ3n) is 2.32. The predicted octanol–water partition coefficient (Wildman–Crippen LogP) is 1.82. The Labute approximate surface area is 97.5 Å². The van der Waals surface area contributed by atoms with Crippen molar-refractivity contribution in [2.24, 2.45) is 0 Å². The molecule has 0 N–H and O–H groups in total. The van der Waals surface area contributed by atoms with Gasteiger partial charge in [0, 0.05) is 18.8 Å². The van der Waals surface area contributed by atoms with Crippen LogP contribution in [0.3, 0.4) is 0 Å². The van der Waals surface area contributed by atoms with Crippen LogP contribution in [0.4, 0.5) is 13.2 Å². The fourth-order valence-corrected chi connectivity index (χ4v) is 1.43. The average Bonchev–Trinajstić information content (AvgIpc) is 2.18. The molecule has 0 unspecified atom stereocenters. The lowest BCUT2D eigenvalue weighted by atomic mass is 10.2. The van der Waals surface area contributed by atoms with Crippen molar-refractivity contribution in [1.29, 1.82) is 0 Å². The van der Waals surface area contributed by atoms with Crippen LogP contribution >= 0.6 is 0 Å². The maximum Gasteiger partial charge on any atom is 0.417 e. The molecule has 0 aliphatic carbocycles. The van der Waals surface area contributed by atoms with Gasteiger partial charge in [0.2, 0.25) is 0 Å². The van der Waals surface area contributed by atoms with Crippen LogP contribution in [0.25, 0.3) is 0 Å². The van der Waals surface area contributed by atoms with Gasteiger partial charge in [-0.05, 0) is 33.1 Å². The first-order valence-corrected chi connectivity index (χ1v) is 5.23. The van der Waals surface area contributed by atoms with Crippen molar-refractivity contribution in [2.45, 2.75) is 19.1 Å². The van der Waals surface area contributed by atoms with E-state index in [0.29, 0.717) is 13.0 Å². The second-order valence-electron chi connectivity index (χ2n) is 4.10. The molecule has 6 heteroatoms. The molecule has 0 fully saturated rings. The van der Waals surface area contributed by atoms with Crippen molar-refractivity contribution in [3.8, 4) is 0 Å². The smallest absolute Gasteiger partial charge is 0.315 e. The zero-order chi connectivity index (χ0) is 13.1. The number of halogens is 3. The molecule has 0 bridgehead atoms. The van der Waals surface area contributed by atoms with Gasteiger partial charge in [-0.3, -0.25) is 4.79 Å². The summed E-state index contributed by atoms with van der Waals surface area (Å²) in [4.78, 5) is 13.3. The Morgan fingerprint density at radius 2 is 1.94 bits per heavy atom. The van der Waals surface area contributed by atoms with E-state index >= 15 is 0 Å². The monoisotopic (exact) mass is 248 g/mol. The topological polar surface area (TPSA) is 25.2 Å². The highest BCUT2D eigenvalue weighted by Gasteiger charge is 2.30. The minimum Gasteiger partial charge on any atom is -0.315 e. The SMILES string of the molecule is CN(C)CCCn1cc(C(F)(F)F)ccc1=O. The molecule has 0 radical (unpaired) electrons. The molecule has 0 amide bonds. The number of rotatable bonds is 4. The van der Waals surface area contributed by atoms with E-state index in [1.807, 2.05) is 19.0 Å². The van der Waals surface area contributed by atoms with E-state index in [0.717, 1.165) is 29.4 Å². The molecule has 0 aliphatic rings. The zero-order valence-corrected chi connectivity index (χ0v) is 9.79.